The zero-order chi connectivity index (χ0) is 21.6. The molecule has 0 fully saturated rings. The molecule has 0 unspecified atom stereocenters. The Morgan fingerprint density at radius 3 is 2.23 bits per heavy atom. The molecule has 2 aromatic carbocycles. The lowest BCUT2D eigenvalue weighted by Gasteiger charge is -2.08. The van der Waals surface area contributed by atoms with Gasteiger partial charge in [0.05, 0.1) is 17.7 Å². The highest BCUT2D eigenvalue weighted by Gasteiger charge is 2.15. The monoisotopic (exact) mass is 428 g/mol. The van der Waals surface area contributed by atoms with Crippen LogP contribution in [0.3, 0.4) is 0 Å². The Morgan fingerprint density at radius 1 is 0.933 bits per heavy atom. The Hall–Kier alpha value is -3.63. The van der Waals surface area contributed by atoms with Crippen LogP contribution in [0, 0.1) is 0 Å². The van der Waals surface area contributed by atoms with Crippen molar-refractivity contribution in [3.05, 3.63) is 83.8 Å². The number of hydrogen-bond donors (Lipinski definition) is 4. The summed E-state index contributed by atoms with van der Waals surface area (Å²) in [5.41, 5.74) is 6.74. The molecule has 1 heterocycles. The van der Waals surface area contributed by atoms with E-state index in [1.165, 1.54) is 30.5 Å². The molecule has 3 rings (SSSR count). The largest absolute Gasteiger partial charge is 0.468 e. The topological polar surface area (TPSA) is 144 Å². The van der Waals surface area contributed by atoms with Crippen molar-refractivity contribution in [2.75, 3.05) is 5.32 Å². The Balaban J connectivity index is 1.56. The highest BCUT2D eigenvalue weighted by molar-refractivity contribution is 7.89. The minimum Gasteiger partial charge on any atom is -0.468 e. The molecule has 0 saturated carbocycles. The molecular weight excluding hydrogens is 408 g/mol. The second kappa shape index (κ2) is 9.25. The minimum atomic E-state index is -3.73. The SMILES string of the molecule is NC(=O)Nc1ccc(CNC(=O)c2ccc(S(=O)(=O)NCc3ccco3)cc2)cc1. The van der Waals surface area contributed by atoms with Crippen molar-refractivity contribution in [1.82, 2.24) is 10.0 Å². The molecule has 0 bridgehead atoms. The van der Waals surface area contributed by atoms with E-state index in [0.29, 0.717) is 17.0 Å². The van der Waals surface area contributed by atoms with E-state index in [2.05, 4.69) is 15.4 Å². The molecular formula is C20H20N4O5S. The first kappa shape index (κ1) is 21.1. The molecule has 1 aromatic heterocycles. The van der Waals surface area contributed by atoms with Crippen LogP contribution in [0.1, 0.15) is 21.7 Å². The van der Waals surface area contributed by atoms with Crippen LogP contribution in [0.5, 0.6) is 0 Å². The Labute approximate surface area is 173 Å². The van der Waals surface area contributed by atoms with E-state index in [9.17, 15) is 18.0 Å². The number of primary amides is 1. The van der Waals surface area contributed by atoms with Crippen LogP contribution in [0.4, 0.5) is 10.5 Å². The fraction of sp³-hybridized carbons (Fsp3) is 0.100. The average molecular weight is 428 g/mol. The van der Waals surface area contributed by atoms with E-state index in [4.69, 9.17) is 10.2 Å². The number of urea groups is 1. The summed E-state index contributed by atoms with van der Waals surface area (Å²) in [5, 5.41) is 5.20. The van der Waals surface area contributed by atoms with Crippen molar-refractivity contribution in [1.29, 1.82) is 0 Å². The lowest BCUT2D eigenvalue weighted by molar-refractivity contribution is 0.0950. The summed E-state index contributed by atoms with van der Waals surface area (Å²) >= 11 is 0. The van der Waals surface area contributed by atoms with Crippen molar-refractivity contribution in [3.8, 4) is 0 Å². The van der Waals surface area contributed by atoms with Gasteiger partial charge in [-0.05, 0) is 54.1 Å². The maximum absolute atomic E-state index is 12.3. The highest BCUT2D eigenvalue weighted by atomic mass is 32.2. The fourth-order valence-corrected chi connectivity index (χ4v) is 3.57. The lowest BCUT2D eigenvalue weighted by atomic mass is 10.2. The fourth-order valence-electron chi connectivity index (χ4n) is 2.58. The van der Waals surface area contributed by atoms with Crippen LogP contribution in [0.25, 0.3) is 0 Å². The predicted octanol–water partition coefficient (Wildman–Crippen LogP) is 2.18. The number of rotatable bonds is 8. The van der Waals surface area contributed by atoms with Gasteiger partial charge in [0.2, 0.25) is 10.0 Å². The number of furan rings is 1. The third-order valence-electron chi connectivity index (χ3n) is 4.12. The van der Waals surface area contributed by atoms with Gasteiger partial charge in [0, 0.05) is 17.8 Å². The van der Waals surface area contributed by atoms with Gasteiger partial charge in [-0.15, -0.1) is 0 Å². The van der Waals surface area contributed by atoms with Gasteiger partial charge in [-0.25, -0.2) is 17.9 Å². The summed E-state index contributed by atoms with van der Waals surface area (Å²) < 4.78 is 32.2. The molecule has 9 nitrogen and oxygen atoms in total. The summed E-state index contributed by atoms with van der Waals surface area (Å²) in [6, 6.07) is 15.1. The van der Waals surface area contributed by atoms with E-state index < -0.39 is 16.1 Å². The first-order valence-corrected chi connectivity index (χ1v) is 10.4. The van der Waals surface area contributed by atoms with E-state index >= 15 is 0 Å². The Bertz CT molecular complexity index is 1110. The van der Waals surface area contributed by atoms with Gasteiger partial charge in [0.15, 0.2) is 0 Å². The normalized spacial score (nSPS) is 11.1. The van der Waals surface area contributed by atoms with Crippen LogP contribution in [-0.2, 0) is 23.1 Å². The van der Waals surface area contributed by atoms with Crippen molar-refractivity contribution in [2.24, 2.45) is 5.73 Å². The predicted molar refractivity (Wildman–Crippen MR) is 110 cm³/mol. The van der Waals surface area contributed by atoms with Crippen LogP contribution < -0.4 is 21.1 Å². The number of carbonyl (C=O) groups is 2. The number of benzene rings is 2. The van der Waals surface area contributed by atoms with E-state index in [0.717, 1.165) is 5.56 Å². The second-order valence-electron chi connectivity index (χ2n) is 6.30. The van der Waals surface area contributed by atoms with Crippen molar-refractivity contribution >= 4 is 27.6 Å². The zero-order valence-corrected chi connectivity index (χ0v) is 16.6. The molecule has 5 N–H and O–H groups in total. The summed E-state index contributed by atoms with van der Waals surface area (Å²) in [6.45, 7) is 0.297. The van der Waals surface area contributed by atoms with Gasteiger partial charge in [-0.3, -0.25) is 4.79 Å². The summed E-state index contributed by atoms with van der Waals surface area (Å²) in [6.07, 6.45) is 1.46. The van der Waals surface area contributed by atoms with Crippen LogP contribution in [-0.4, -0.2) is 20.4 Å². The van der Waals surface area contributed by atoms with E-state index in [-0.39, 0.29) is 23.9 Å². The molecule has 156 valence electrons. The molecule has 0 aliphatic heterocycles. The number of carbonyl (C=O) groups excluding carboxylic acids is 2. The van der Waals surface area contributed by atoms with Gasteiger partial charge in [0.25, 0.3) is 5.91 Å². The highest BCUT2D eigenvalue weighted by Crippen LogP contribution is 2.13. The standard InChI is InChI=1S/C20H20N4O5S/c21-20(26)24-16-7-3-14(4-8-16)12-22-19(25)15-5-9-18(10-6-15)30(27,28)23-13-17-2-1-11-29-17/h1-11,23H,12-13H2,(H,22,25)(H3,21,24,26). The molecule has 30 heavy (non-hydrogen) atoms. The van der Waals surface area contributed by atoms with Crippen LogP contribution >= 0.6 is 0 Å². The molecule has 0 spiro atoms. The third-order valence-corrected chi connectivity index (χ3v) is 5.54. The Kier molecular flexibility index (Phi) is 6.50. The van der Waals surface area contributed by atoms with Crippen molar-refractivity contribution in [3.63, 3.8) is 0 Å². The first-order valence-electron chi connectivity index (χ1n) is 8.89. The number of anilines is 1. The summed E-state index contributed by atoms with van der Waals surface area (Å²) in [7, 11) is -3.73. The minimum absolute atomic E-state index is 0.0331. The number of hydrogen-bond acceptors (Lipinski definition) is 5. The number of amides is 3. The third kappa shape index (κ3) is 5.69. The summed E-state index contributed by atoms with van der Waals surface area (Å²) in [5.74, 6) is 0.148. The van der Waals surface area contributed by atoms with Crippen molar-refractivity contribution in [2.45, 2.75) is 18.0 Å². The number of nitrogens with two attached hydrogens (primary N) is 1. The Morgan fingerprint density at radius 2 is 1.63 bits per heavy atom. The number of sulfonamides is 1. The van der Waals surface area contributed by atoms with Gasteiger partial charge in [-0.1, -0.05) is 12.1 Å². The molecule has 3 amide bonds. The molecule has 3 aromatic rings. The first-order chi connectivity index (χ1) is 14.3. The second-order valence-corrected chi connectivity index (χ2v) is 8.06. The summed E-state index contributed by atoms with van der Waals surface area (Å²) in [4.78, 5) is 23.2. The van der Waals surface area contributed by atoms with Gasteiger partial charge >= 0.3 is 6.03 Å². The number of nitrogens with one attached hydrogen (secondary N) is 3. The van der Waals surface area contributed by atoms with E-state index in [1.807, 2.05) is 0 Å². The molecule has 0 radical (unpaired) electrons. The van der Waals surface area contributed by atoms with Gasteiger partial charge < -0.3 is 20.8 Å². The van der Waals surface area contributed by atoms with Crippen molar-refractivity contribution < 1.29 is 22.4 Å². The molecule has 0 atom stereocenters. The quantitative estimate of drug-likeness (QED) is 0.435. The van der Waals surface area contributed by atoms with E-state index in [1.54, 1.807) is 36.4 Å². The molecule has 0 aliphatic rings. The van der Waals surface area contributed by atoms with Gasteiger partial charge in [-0.2, -0.15) is 0 Å². The smallest absolute Gasteiger partial charge is 0.316 e. The molecule has 0 aliphatic carbocycles. The van der Waals surface area contributed by atoms with Crippen LogP contribution in [0.2, 0.25) is 0 Å². The maximum atomic E-state index is 12.3. The average Bonchev–Trinajstić information content (AvgIpc) is 3.25. The maximum Gasteiger partial charge on any atom is 0.316 e. The lowest BCUT2D eigenvalue weighted by Crippen LogP contribution is -2.24. The van der Waals surface area contributed by atoms with Gasteiger partial charge in [0.1, 0.15) is 5.76 Å². The molecule has 0 saturated heterocycles. The van der Waals surface area contributed by atoms with Crippen LogP contribution in [0.15, 0.2) is 76.2 Å². The molecule has 10 heteroatoms. The zero-order valence-electron chi connectivity index (χ0n) is 15.8.